The SMILES string of the molecule is COc1ccc(Cc2nc(-c3ccc(F)cc3)c(C)s2)cc1OC. The summed E-state index contributed by atoms with van der Waals surface area (Å²) in [6, 6.07) is 12.3. The number of nitrogens with zero attached hydrogens (tertiary/aromatic N) is 1. The Bertz CT molecular complexity index is 843. The Balaban J connectivity index is 1.86. The van der Waals surface area contributed by atoms with Crippen LogP contribution in [0.2, 0.25) is 0 Å². The van der Waals surface area contributed by atoms with Gasteiger partial charge in [-0.25, -0.2) is 9.37 Å². The minimum atomic E-state index is -0.239. The van der Waals surface area contributed by atoms with Gasteiger partial charge in [-0.1, -0.05) is 6.07 Å². The van der Waals surface area contributed by atoms with E-state index in [4.69, 9.17) is 14.5 Å². The summed E-state index contributed by atoms with van der Waals surface area (Å²) in [5.74, 6) is 1.18. The van der Waals surface area contributed by atoms with Gasteiger partial charge in [0.1, 0.15) is 5.82 Å². The molecule has 0 saturated carbocycles. The highest BCUT2D eigenvalue weighted by atomic mass is 32.1. The fourth-order valence-corrected chi connectivity index (χ4v) is 3.56. The van der Waals surface area contributed by atoms with Crippen molar-refractivity contribution in [3.63, 3.8) is 0 Å². The molecule has 24 heavy (non-hydrogen) atoms. The second-order valence-electron chi connectivity index (χ2n) is 5.39. The molecule has 5 heteroatoms. The maximum Gasteiger partial charge on any atom is 0.160 e. The Kier molecular flexibility index (Phi) is 4.81. The van der Waals surface area contributed by atoms with Crippen LogP contribution in [0.15, 0.2) is 42.5 Å². The summed E-state index contributed by atoms with van der Waals surface area (Å²) in [4.78, 5) is 5.85. The van der Waals surface area contributed by atoms with E-state index < -0.39 is 0 Å². The number of benzene rings is 2. The zero-order chi connectivity index (χ0) is 17.1. The Labute approximate surface area is 144 Å². The molecule has 0 spiro atoms. The van der Waals surface area contributed by atoms with E-state index in [0.717, 1.165) is 26.7 Å². The fourth-order valence-electron chi connectivity index (χ4n) is 2.57. The predicted octanol–water partition coefficient (Wildman–Crippen LogP) is 4.87. The standard InChI is InChI=1S/C19H18FNO2S/c1-12-19(14-5-7-15(20)8-6-14)21-18(24-12)11-13-4-9-16(22-2)17(10-13)23-3/h4-10H,11H2,1-3H3. The van der Waals surface area contributed by atoms with E-state index in [1.165, 1.54) is 12.1 Å². The van der Waals surface area contributed by atoms with Gasteiger partial charge in [0.15, 0.2) is 11.5 Å². The molecule has 0 radical (unpaired) electrons. The van der Waals surface area contributed by atoms with Crippen LogP contribution in [0.1, 0.15) is 15.4 Å². The lowest BCUT2D eigenvalue weighted by molar-refractivity contribution is 0.354. The number of ether oxygens (including phenoxy) is 2. The molecule has 3 nitrogen and oxygen atoms in total. The number of aromatic nitrogens is 1. The average Bonchev–Trinajstić information content (AvgIpc) is 2.95. The molecule has 1 aromatic heterocycles. The van der Waals surface area contributed by atoms with Crippen LogP contribution in [0, 0.1) is 12.7 Å². The third kappa shape index (κ3) is 3.41. The number of aryl methyl sites for hydroxylation is 1. The molecule has 3 aromatic rings. The number of hydrogen-bond donors (Lipinski definition) is 0. The lowest BCUT2D eigenvalue weighted by Crippen LogP contribution is -1.93. The van der Waals surface area contributed by atoms with E-state index in [0.29, 0.717) is 17.9 Å². The van der Waals surface area contributed by atoms with Crippen molar-refractivity contribution in [1.29, 1.82) is 0 Å². The van der Waals surface area contributed by atoms with Gasteiger partial charge in [0, 0.05) is 16.9 Å². The number of methoxy groups -OCH3 is 2. The van der Waals surface area contributed by atoms with Crippen LogP contribution >= 0.6 is 11.3 Å². The molecule has 124 valence electrons. The van der Waals surface area contributed by atoms with Crippen LogP contribution in [0.4, 0.5) is 4.39 Å². The number of hydrogen-bond acceptors (Lipinski definition) is 4. The summed E-state index contributed by atoms with van der Waals surface area (Å²) in [6.45, 7) is 2.04. The van der Waals surface area contributed by atoms with Gasteiger partial charge in [-0.3, -0.25) is 0 Å². The topological polar surface area (TPSA) is 31.4 Å². The van der Waals surface area contributed by atoms with Crippen molar-refractivity contribution in [3.05, 3.63) is 63.7 Å². The van der Waals surface area contributed by atoms with Crippen molar-refractivity contribution in [3.8, 4) is 22.8 Å². The van der Waals surface area contributed by atoms with Crippen molar-refractivity contribution >= 4 is 11.3 Å². The Morgan fingerprint density at radius 2 is 1.71 bits per heavy atom. The normalized spacial score (nSPS) is 10.7. The molecule has 0 fully saturated rings. The minimum absolute atomic E-state index is 0.239. The van der Waals surface area contributed by atoms with E-state index >= 15 is 0 Å². The van der Waals surface area contributed by atoms with Crippen LogP contribution < -0.4 is 9.47 Å². The van der Waals surface area contributed by atoms with Crippen LogP contribution in [0.3, 0.4) is 0 Å². The molecule has 0 aliphatic carbocycles. The van der Waals surface area contributed by atoms with Crippen molar-refractivity contribution in [2.75, 3.05) is 14.2 Å². The Morgan fingerprint density at radius 1 is 1.00 bits per heavy atom. The van der Waals surface area contributed by atoms with Crippen LogP contribution in [0.25, 0.3) is 11.3 Å². The lowest BCUT2D eigenvalue weighted by Gasteiger charge is -2.08. The molecule has 0 saturated heterocycles. The molecule has 2 aromatic carbocycles. The van der Waals surface area contributed by atoms with E-state index in [1.807, 2.05) is 25.1 Å². The predicted molar refractivity (Wildman–Crippen MR) is 94.6 cm³/mol. The van der Waals surface area contributed by atoms with Gasteiger partial charge in [0.2, 0.25) is 0 Å². The lowest BCUT2D eigenvalue weighted by atomic mass is 10.1. The van der Waals surface area contributed by atoms with Crippen molar-refractivity contribution in [2.45, 2.75) is 13.3 Å². The van der Waals surface area contributed by atoms with E-state index in [9.17, 15) is 4.39 Å². The summed E-state index contributed by atoms with van der Waals surface area (Å²) in [7, 11) is 3.25. The molecule has 0 amide bonds. The summed E-state index contributed by atoms with van der Waals surface area (Å²) in [6.07, 6.45) is 0.715. The molecule has 0 aliphatic rings. The highest BCUT2D eigenvalue weighted by molar-refractivity contribution is 7.12. The number of rotatable bonds is 5. The number of halogens is 1. The first kappa shape index (κ1) is 16.5. The van der Waals surface area contributed by atoms with Gasteiger partial charge in [-0.15, -0.1) is 11.3 Å². The highest BCUT2D eigenvalue weighted by Gasteiger charge is 2.12. The maximum absolute atomic E-state index is 13.1. The van der Waals surface area contributed by atoms with E-state index in [1.54, 1.807) is 37.7 Å². The quantitative estimate of drug-likeness (QED) is 0.662. The minimum Gasteiger partial charge on any atom is -0.493 e. The van der Waals surface area contributed by atoms with Gasteiger partial charge >= 0.3 is 0 Å². The molecule has 3 rings (SSSR count). The molecular formula is C19H18FNO2S. The van der Waals surface area contributed by atoms with Gasteiger partial charge in [0.05, 0.1) is 24.9 Å². The average molecular weight is 343 g/mol. The zero-order valence-corrected chi connectivity index (χ0v) is 14.6. The molecule has 0 atom stereocenters. The highest BCUT2D eigenvalue weighted by Crippen LogP contribution is 2.31. The Hall–Kier alpha value is -2.40. The van der Waals surface area contributed by atoms with Crippen molar-refractivity contribution < 1.29 is 13.9 Å². The first-order valence-corrected chi connectivity index (χ1v) is 8.35. The van der Waals surface area contributed by atoms with Crippen LogP contribution in [-0.2, 0) is 6.42 Å². The zero-order valence-electron chi connectivity index (χ0n) is 13.8. The first-order valence-electron chi connectivity index (χ1n) is 7.54. The molecule has 0 aliphatic heterocycles. The van der Waals surface area contributed by atoms with Crippen LogP contribution in [-0.4, -0.2) is 19.2 Å². The largest absolute Gasteiger partial charge is 0.493 e. The van der Waals surface area contributed by atoms with Gasteiger partial charge in [-0.05, 0) is 48.9 Å². The summed E-state index contributed by atoms with van der Waals surface area (Å²) in [5.41, 5.74) is 2.95. The third-order valence-electron chi connectivity index (χ3n) is 3.76. The van der Waals surface area contributed by atoms with E-state index in [-0.39, 0.29) is 5.82 Å². The summed E-state index contributed by atoms with van der Waals surface area (Å²) in [5, 5.41) is 1.01. The van der Waals surface area contributed by atoms with Crippen LogP contribution in [0.5, 0.6) is 11.5 Å². The first-order chi connectivity index (χ1) is 11.6. The monoisotopic (exact) mass is 343 g/mol. The Morgan fingerprint density at radius 3 is 2.38 bits per heavy atom. The molecule has 1 heterocycles. The second kappa shape index (κ2) is 7.01. The maximum atomic E-state index is 13.1. The molecule has 0 bridgehead atoms. The van der Waals surface area contributed by atoms with Gasteiger partial charge in [0.25, 0.3) is 0 Å². The fraction of sp³-hybridized carbons (Fsp3) is 0.211. The van der Waals surface area contributed by atoms with Gasteiger partial charge < -0.3 is 9.47 Å². The molecule has 0 unspecified atom stereocenters. The third-order valence-corrected chi connectivity index (χ3v) is 4.73. The van der Waals surface area contributed by atoms with Crippen molar-refractivity contribution in [1.82, 2.24) is 4.98 Å². The molecule has 0 N–H and O–H groups in total. The second-order valence-corrected chi connectivity index (χ2v) is 6.67. The van der Waals surface area contributed by atoms with Crippen molar-refractivity contribution in [2.24, 2.45) is 0 Å². The van der Waals surface area contributed by atoms with E-state index in [2.05, 4.69) is 0 Å². The smallest absolute Gasteiger partial charge is 0.160 e. The number of thiazole rings is 1. The summed E-state index contributed by atoms with van der Waals surface area (Å²) < 4.78 is 23.7. The molecular weight excluding hydrogens is 325 g/mol. The summed E-state index contributed by atoms with van der Waals surface area (Å²) >= 11 is 1.65. The van der Waals surface area contributed by atoms with Gasteiger partial charge in [-0.2, -0.15) is 0 Å².